The van der Waals surface area contributed by atoms with Crippen molar-refractivity contribution in [2.75, 3.05) is 32.8 Å². The molecule has 390 valence electrons. The number of phosphoric ester groups is 1. The van der Waals surface area contributed by atoms with Crippen molar-refractivity contribution < 1.29 is 62.3 Å². The number of carboxylic acids is 1. The summed E-state index contributed by atoms with van der Waals surface area (Å²) in [6, 6.07) is -0.768. The van der Waals surface area contributed by atoms with E-state index in [1.807, 2.05) is 13.8 Å². The largest absolute Gasteiger partial charge is 0.480 e. The lowest BCUT2D eigenvalue weighted by Gasteiger charge is -2.34. The molecule has 0 spiro atoms. The van der Waals surface area contributed by atoms with Crippen LogP contribution in [0.4, 0.5) is 0 Å². The highest BCUT2D eigenvalue weighted by Crippen LogP contribution is 2.36. The second-order valence-electron chi connectivity index (χ2n) is 18.6. The summed E-state index contributed by atoms with van der Waals surface area (Å²) in [5.41, 5.74) is 17.5. The molecular weight excluding hydrogens is 934 g/mol. The number of carbonyl (C=O) groups excluding carboxylic acids is 7. The number of nitrogens with zero attached hydrogens (tertiary/aromatic N) is 4. The fourth-order valence-electron chi connectivity index (χ4n) is 8.98. The Bertz CT molecular complexity index is 2090. The summed E-state index contributed by atoms with van der Waals surface area (Å²) >= 11 is 0. The van der Waals surface area contributed by atoms with Gasteiger partial charge in [-0.3, -0.25) is 43.1 Å². The molecule has 3 aliphatic rings. The molecule has 70 heavy (non-hydrogen) atoms. The fraction of sp³-hybridized carbons (Fsp3) is 0.667. The van der Waals surface area contributed by atoms with Crippen molar-refractivity contribution in [1.29, 1.82) is 0 Å². The molecule has 7 amide bonds. The maximum Gasteiger partial charge on any atom is 0.469 e. The first kappa shape index (κ1) is 56.9. The van der Waals surface area contributed by atoms with Crippen molar-refractivity contribution in [1.82, 2.24) is 36.0 Å². The number of carboxylic acid groups (broad SMARTS) is 1. The van der Waals surface area contributed by atoms with Crippen LogP contribution in [0.25, 0.3) is 0 Å². The van der Waals surface area contributed by atoms with Crippen molar-refractivity contribution in [3.8, 4) is 0 Å². The smallest absolute Gasteiger partial charge is 0.469 e. The van der Waals surface area contributed by atoms with Gasteiger partial charge in [-0.05, 0) is 75.2 Å². The molecule has 13 N–H and O–H groups in total. The Balaban J connectivity index is 1.48. The van der Waals surface area contributed by atoms with Crippen LogP contribution in [0, 0.1) is 11.8 Å². The monoisotopic (exact) mass is 1010 g/mol. The van der Waals surface area contributed by atoms with Crippen molar-refractivity contribution in [2.45, 2.75) is 147 Å². The molecule has 3 saturated heterocycles. The molecule has 0 radical (unpaired) electrons. The third kappa shape index (κ3) is 16.5. The zero-order valence-electron chi connectivity index (χ0n) is 40.4. The van der Waals surface area contributed by atoms with E-state index in [1.54, 1.807) is 44.2 Å². The minimum absolute atomic E-state index is 0.0114. The number of carbonyl (C=O) groups is 8. The summed E-state index contributed by atoms with van der Waals surface area (Å²) < 4.78 is 16.6. The summed E-state index contributed by atoms with van der Waals surface area (Å²) in [6.45, 7) is 6.71. The summed E-state index contributed by atoms with van der Waals surface area (Å²) in [7, 11) is -5.20. The van der Waals surface area contributed by atoms with Crippen LogP contribution in [-0.2, 0) is 53.9 Å². The lowest BCUT2D eigenvalue weighted by Crippen LogP contribution is -2.61. The van der Waals surface area contributed by atoms with Gasteiger partial charge in [-0.2, -0.15) is 0 Å². The van der Waals surface area contributed by atoms with Crippen molar-refractivity contribution in [3.05, 3.63) is 35.9 Å². The highest BCUT2D eigenvalue weighted by molar-refractivity contribution is 7.46. The second-order valence-corrected chi connectivity index (χ2v) is 19.9. The van der Waals surface area contributed by atoms with Gasteiger partial charge in [0.05, 0.1) is 12.6 Å². The molecule has 24 nitrogen and oxygen atoms in total. The highest BCUT2D eigenvalue weighted by Gasteiger charge is 2.46. The number of nitrogens with two attached hydrogens (primary N) is 3. The van der Waals surface area contributed by atoms with Crippen LogP contribution in [0.2, 0.25) is 0 Å². The van der Waals surface area contributed by atoms with E-state index < -0.39 is 116 Å². The first-order valence-corrected chi connectivity index (χ1v) is 25.5. The summed E-state index contributed by atoms with van der Waals surface area (Å²) in [5.74, 6) is -6.79. The molecule has 0 bridgehead atoms. The number of phosphoric acid groups is 1. The maximum absolute atomic E-state index is 14.4. The first-order valence-electron chi connectivity index (χ1n) is 23.9. The quantitative estimate of drug-likeness (QED) is 0.0238. The molecule has 3 aliphatic heterocycles. The van der Waals surface area contributed by atoms with Gasteiger partial charge in [0.2, 0.25) is 41.4 Å². The maximum atomic E-state index is 14.4. The van der Waals surface area contributed by atoms with Gasteiger partial charge in [0.15, 0.2) is 5.96 Å². The predicted molar refractivity (Wildman–Crippen MR) is 255 cm³/mol. The van der Waals surface area contributed by atoms with E-state index in [4.69, 9.17) is 21.7 Å². The van der Waals surface area contributed by atoms with E-state index >= 15 is 0 Å². The van der Waals surface area contributed by atoms with Crippen LogP contribution in [0.3, 0.4) is 0 Å². The number of likely N-dealkylation sites (tertiary alicyclic amines) is 3. The molecule has 1 aromatic carbocycles. The van der Waals surface area contributed by atoms with Gasteiger partial charge in [-0.25, -0.2) is 9.36 Å². The first-order chi connectivity index (χ1) is 33.0. The molecular formula is C45H72N11O13P. The van der Waals surface area contributed by atoms with E-state index in [0.29, 0.717) is 37.7 Å². The minimum Gasteiger partial charge on any atom is -0.480 e. The van der Waals surface area contributed by atoms with Crippen molar-refractivity contribution in [2.24, 2.45) is 34.0 Å². The van der Waals surface area contributed by atoms with Crippen LogP contribution in [-0.4, -0.2) is 164 Å². The van der Waals surface area contributed by atoms with E-state index in [1.165, 1.54) is 14.7 Å². The molecule has 9 atom stereocenters. The third-order valence-corrected chi connectivity index (χ3v) is 13.3. The molecule has 3 heterocycles. The normalized spacial score (nSPS) is 20.7. The van der Waals surface area contributed by atoms with Crippen molar-refractivity contribution >= 4 is 61.1 Å². The van der Waals surface area contributed by atoms with Crippen LogP contribution in [0.15, 0.2) is 35.3 Å². The van der Waals surface area contributed by atoms with Gasteiger partial charge in [0, 0.05) is 32.6 Å². The molecule has 1 aromatic rings. The number of hydrogen-bond acceptors (Lipinski definition) is 12. The van der Waals surface area contributed by atoms with Gasteiger partial charge in [0.1, 0.15) is 42.3 Å². The van der Waals surface area contributed by atoms with Gasteiger partial charge >= 0.3 is 13.8 Å². The number of amides is 7. The number of aliphatic imine (C=N–C) groups is 1. The highest BCUT2D eigenvalue weighted by atomic mass is 31.2. The second kappa shape index (κ2) is 26.5. The van der Waals surface area contributed by atoms with E-state index in [0.717, 1.165) is 0 Å². The molecule has 4 rings (SSSR count). The van der Waals surface area contributed by atoms with Gasteiger partial charge in [-0.15, -0.1) is 0 Å². The topological polar surface area (TPSA) is 372 Å². The summed E-state index contributed by atoms with van der Waals surface area (Å²) in [5, 5.41) is 20.4. The average molecular weight is 1010 g/mol. The number of benzene rings is 1. The molecule has 3 fully saturated rings. The third-order valence-electron chi connectivity index (χ3n) is 12.8. The number of aliphatic carboxylic acids is 1. The summed E-state index contributed by atoms with van der Waals surface area (Å²) in [4.78, 5) is 137. The van der Waals surface area contributed by atoms with Gasteiger partial charge < -0.3 is 68.1 Å². The lowest BCUT2D eigenvalue weighted by atomic mass is 9.97. The fourth-order valence-corrected chi connectivity index (χ4v) is 9.33. The number of rotatable bonds is 25. The van der Waals surface area contributed by atoms with E-state index in [9.17, 15) is 57.8 Å². The number of hydrogen-bond donors (Lipinski definition) is 10. The van der Waals surface area contributed by atoms with Crippen LogP contribution in [0.5, 0.6) is 0 Å². The SMILES string of the molecule is CC[C@H](C)[C@H](NC(=O)[C@@H](N)CCCN=C(N)N)C(=O)N[C@@H](COP(=O)(O)O)C(=O)N1CCC[C@H]1C(=O)N1CCC[C@H]1C(=O)N[C@@H](CC(C)C)C(=O)N1CCC[C@H]1C(=O)N[C@@H](Cc1ccccc1)C(=O)O. The number of guanidine groups is 1. The Morgan fingerprint density at radius 1 is 0.771 bits per heavy atom. The van der Waals surface area contributed by atoms with E-state index in [2.05, 4.69) is 26.3 Å². The van der Waals surface area contributed by atoms with Gasteiger partial charge in [-0.1, -0.05) is 64.4 Å². The lowest BCUT2D eigenvalue weighted by molar-refractivity contribution is -0.149. The summed E-state index contributed by atoms with van der Waals surface area (Å²) in [6.07, 6.45) is 2.99. The Kier molecular flexibility index (Phi) is 21.5. The molecule has 0 saturated carbocycles. The number of nitrogens with one attached hydrogen (secondary N) is 4. The standard InChI is InChI=1S/C45H72N11O13P/c1-5-27(4)36(53-37(57)29(46)15-9-19-49-45(47)48)40(60)52-32(25-69-70(66,67)68)42(62)56-22-12-18-35(56)43(63)55-21-11-17-34(55)38(58)50-30(23-26(2)3)41(61)54-20-10-16-33(54)39(59)51-31(44(64)65)24-28-13-7-6-8-14-28/h6-8,13-14,26-27,29-36H,5,9-12,15-25,46H2,1-4H3,(H,50,58)(H,51,59)(H,52,60)(H,53,57)(H,64,65)(H4,47,48,49)(H2,66,67,68)/t27-,29-,30-,31-,32-,33-,34-,35-,36-/m0/s1. The van der Waals surface area contributed by atoms with E-state index in [-0.39, 0.29) is 76.6 Å². The van der Waals surface area contributed by atoms with Crippen LogP contribution < -0.4 is 38.5 Å². The average Bonchev–Trinajstić information content (AvgIpc) is 4.11. The molecule has 0 aliphatic carbocycles. The van der Waals surface area contributed by atoms with Crippen LogP contribution in [0.1, 0.15) is 97.5 Å². The zero-order chi connectivity index (χ0) is 51.9. The Labute approximate surface area is 407 Å². The Morgan fingerprint density at radius 2 is 1.31 bits per heavy atom. The zero-order valence-corrected chi connectivity index (χ0v) is 41.3. The molecule has 25 heteroatoms. The van der Waals surface area contributed by atoms with Crippen molar-refractivity contribution in [3.63, 3.8) is 0 Å². The minimum atomic E-state index is -5.20. The van der Waals surface area contributed by atoms with Gasteiger partial charge in [0.25, 0.3) is 0 Å². The Hall–Kier alpha value is -5.68. The predicted octanol–water partition coefficient (Wildman–Crippen LogP) is -1.19. The molecule has 0 aromatic heterocycles. The molecule has 0 unspecified atom stereocenters. The Morgan fingerprint density at radius 3 is 1.87 bits per heavy atom. The van der Waals surface area contributed by atoms with Crippen LogP contribution >= 0.6 is 7.82 Å².